The molecule has 0 aromatic heterocycles. The number of hydrogen-bond donors (Lipinski definition) is 1. The van der Waals surface area contributed by atoms with Crippen molar-refractivity contribution in [3.8, 4) is 11.5 Å². The van der Waals surface area contributed by atoms with Crippen LogP contribution in [-0.4, -0.2) is 39.5 Å². The predicted molar refractivity (Wildman–Crippen MR) is 101 cm³/mol. The molecule has 0 saturated heterocycles. The van der Waals surface area contributed by atoms with Crippen molar-refractivity contribution in [3.63, 3.8) is 0 Å². The van der Waals surface area contributed by atoms with Gasteiger partial charge in [0.2, 0.25) is 22.7 Å². The molecule has 0 unspecified atom stereocenters. The fourth-order valence-electron chi connectivity index (χ4n) is 3.01. The molecule has 1 aliphatic heterocycles. The molecule has 0 fully saturated rings. The van der Waals surface area contributed by atoms with Gasteiger partial charge in [0.15, 0.2) is 11.5 Å². The third-order valence-electron chi connectivity index (χ3n) is 4.40. The van der Waals surface area contributed by atoms with Crippen molar-refractivity contribution < 1.29 is 22.7 Å². The highest BCUT2D eigenvalue weighted by Gasteiger charge is 2.27. The van der Waals surface area contributed by atoms with Crippen LogP contribution in [0.3, 0.4) is 0 Å². The monoisotopic (exact) mass is 384 g/mol. The molecule has 146 valence electrons. The summed E-state index contributed by atoms with van der Waals surface area (Å²) in [7, 11) is -3.63. The number of benzene rings is 1. The molecule has 0 radical (unpaired) electrons. The van der Waals surface area contributed by atoms with Gasteiger partial charge in [0.25, 0.3) is 0 Å². The van der Waals surface area contributed by atoms with Crippen LogP contribution in [-0.2, 0) is 14.8 Å². The number of hydrogen-bond acceptors (Lipinski definition) is 5. The summed E-state index contributed by atoms with van der Waals surface area (Å²) in [5.41, 5.74) is 0.386. The van der Waals surface area contributed by atoms with E-state index in [1.807, 2.05) is 27.7 Å². The van der Waals surface area contributed by atoms with Gasteiger partial charge in [-0.1, -0.05) is 27.7 Å². The van der Waals surface area contributed by atoms with E-state index in [1.54, 1.807) is 25.1 Å². The van der Waals surface area contributed by atoms with Crippen molar-refractivity contribution in [1.29, 1.82) is 0 Å². The minimum Gasteiger partial charge on any atom is -0.454 e. The molecule has 26 heavy (non-hydrogen) atoms. The molecule has 1 aliphatic rings. The summed E-state index contributed by atoms with van der Waals surface area (Å²) >= 11 is 0. The van der Waals surface area contributed by atoms with Crippen LogP contribution in [0, 0.1) is 11.8 Å². The maximum Gasteiger partial charge on any atom is 0.241 e. The molecule has 1 amide bonds. The van der Waals surface area contributed by atoms with Crippen LogP contribution in [0.25, 0.3) is 0 Å². The Morgan fingerprint density at radius 1 is 1.15 bits per heavy atom. The quantitative estimate of drug-likeness (QED) is 0.744. The van der Waals surface area contributed by atoms with E-state index in [0.29, 0.717) is 17.2 Å². The lowest BCUT2D eigenvalue weighted by Crippen LogP contribution is -2.48. The molecule has 0 bridgehead atoms. The number of sulfonamides is 1. The molecule has 1 aromatic carbocycles. The maximum atomic E-state index is 12.6. The largest absolute Gasteiger partial charge is 0.454 e. The lowest BCUT2D eigenvalue weighted by molar-refractivity contribution is -0.121. The third kappa shape index (κ3) is 4.60. The van der Waals surface area contributed by atoms with Gasteiger partial charge in [-0.25, -0.2) is 8.42 Å². The first-order valence-corrected chi connectivity index (χ1v) is 10.5. The van der Waals surface area contributed by atoms with Crippen LogP contribution >= 0.6 is 0 Å². The van der Waals surface area contributed by atoms with E-state index in [9.17, 15) is 13.2 Å². The van der Waals surface area contributed by atoms with E-state index in [0.717, 1.165) is 4.31 Å². The summed E-state index contributed by atoms with van der Waals surface area (Å²) in [6.07, 6.45) is 0. The summed E-state index contributed by atoms with van der Waals surface area (Å²) in [5, 5.41) is 2.96. The number of ether oxygens (including phenoxy) is 2. The number of carbonyl (C=O) groups excluding carboxylic acids is 1. The molecule has 0 aliphatic carbocycles. The standard InChI is InChI=1S/C18H28N2O5S/c1-6-26(22,23)20(10-17(21)19-18(12(2)3)13(4)5)14-7-8-15-16(9-14)25-11-24-15/h7-9,12-13,18H,6,10-11H2,1-5H3,(H,19,21). The van der Waals surface area contributed by atoms with E-state index < -0.39 is 10.0 Å². The third-order valence-corrected chi connectivity index (χ3v) is 6.14. The Hall–Kier alpha value is -1.96. The van der Waals surface area contributed by atoms with Crippen molar-refractivity contribution in [3.05, 3.63) is 18.2 Å². The Morgan fingerprint density at radius 2 is 1.77 bits per heavy atom. The van der Waals surface area contributed by atoms with Crippen molar-refractivity contribution in [2.75, 3.05) is 23.4 Å². The van der Waals surface area contributed by atoms with Crippen molar-refractivity contribution >= 4 is 21.6 Å². The van der Waals surface area contributed by atoms with Crippen LogP contribution in [0.5, 0.6) is 11.5 Å². The molecule has 0 spiro atoms. The maximum absolute atomic E-state index is 12.6. The first kappa shape index (κ1) is 20.4. The van der Waals surface area contributed by atoms with Crippen molar-refractivity contribution in [2.45, 2.75) is 40.7 Å². The summed E-state index contributed by atoms with van der Waals surface area (Å²) in [5.74, 6) is 1.11. The van der Waals surface area contributed by atoms with Gasteiger partial charge < -0.3 is 14.8 Å². The van der Waals surface area contributed by atoms with Crippen LogP contribution in [0.15, 0.2) is 18.2 Å². The molecular formula is C18H28N2O5S. The highest BCUT2D eigenvalue weighted by Crippen LogP contribution is 2.36. The van der Waals surface area contributed by atoms with Gasteiger partial charge in [0.1, 0.15) is 6.54 Å². The van der Waals surface area contributed by atoms with E-state index in [1.165, 1.54) is 0 Å². The number of fused-ring (bicyclic) bond motifs is 1. The number of anilines is 1. The number of nitrogens with one attached hydrogen (secondary N) is 1. The summed E-state index contributed by atoms with van der Waals surface area (Å²) in [4.78, 5) is 12.6. The highest BCUT2D eigenvalue weighted by molar-refractivity contribution is 7.92. The second-order valence-corrected chi connectivity index (χ2v) is 9.21. The Kier molecular flexibility index (Phi) is 6.39. The highest BCUT2D eigenvalue weighted by atomic mass is 32.2. The van der Waals surface area contributed by atoms with E-state index in [2.05, 4.69) is 5.32 Å². The molecule has 0 atom stereocenters. The fraction of sp³-hybridized carbons (Fsp3) is 0.611. The van der Waals surface area contributed by atoms with E-state index in [-0.39, 0.29) is 42.9 Å². The normalized spacial score (nSPS) is 13.5. The molecule has 1 aromatic rings. The molecule has 0 saturated carbocycles. The predicted octanol–water partition coefficient (Wildman–Crippen LogP) is 2.37. The van der Waals surface area contributed by atoms with E-state index >= 15 is 0 Å². The lowest BCUT2D eigenvalue weighted by atomic mass is 9.93. The molecular weight excluding hydrogens is 356 g/mol. The topological polar surface area (TPSA) is 84.9 Å². The molecule has 7 nitrogen and oxygen atoms in total. The summed E-state index contributed by atoms with van der Waals surface area (Å²) in [6.45, 7) is 9.51. The number of amides is 1. The first-order valence-electron chi connectivity index (χ1n) is 8.85. The molecule has 1 heterocycles. The summed E-state index contributed by atoms with van der Waals surface area (Å²) in [6, 6.07) is 4.84. The van der Waals surface area contributed by atoms with Gasteiger partial charge in [-0.15, -0.1) is 0 Å². The van der Waals surface area contributed by atoms with Crippen LogP contribution in [0.4, 0.5) is 5.69 Å². The number of carbonyl (C=O) groups is 1. The number of nitrogens with zero attached hydrogens (tertiary/aromatic N) is 1. The van der Waals surface area contributed by atoms with E-state index in [4.69, 9.17) is 9.47 Å². The van der Waals surface area contributed by atoms with Gasteiger partial charge in [-0.2, -0.15) is 0 Å². The second kappa shape index (κ2) is 8.16. The Balaban J connectivity index is 2.25. The SMILES string of the molecule is CCS(=O)(=O)N(CC(=O)NC(C(C)C)C(C)C)c1ccc2c(c1)OCO2. The smallest absolute Gasteiger partial charge is 0.241 e. The zero-order valence-electron chi connectivity index (χ0n) is 16.0. The molecule has 2 rings (SSSR count). The lowest BCUT2D eigenvalue weighted by Gasteiger charge is -2.28. The average molecular weight is 384 g/mol. The van der Waals surface area contributed by atoms with Crippen molar-refractivity contribution in [2.24, 2.45) is 11.8 Å². The Labute approximate surface area is 155 Å². The second-order valence-electron chi connectivity index (χ2n) is 7.03. The van der Waals surface area contributed by atoms with Gasteiger partial charge in [-0.3, -0.25) is 9.10 Å². The van der Waals surface area contributed by atoms with Gasteiger partial charge in [0, 0.05) is 12.1 Å². The minimum absolute atomic E-state index is 0.0227. The zero-order valence-corrected chi connectivity index (χ0v) is 16.8. The Bertz CT molecular complexity index is 738. The van der Waals surface area contributed by atoms with Crippen LogP contribution in [0.2, 0.25) is 0 Å². The van der Waals surface area contributed by atoms with Gasteiger partial charge >= 0.3 is 0 Å². The summed E-state index contributed by atoms with van der Waals surface area (Å²) < 4.78 is 36.8. The zero-order chi connectivity index (χ0) is 19.5. The van der Waals surface area contributed by atoms with Gasteiger partial charge in [0.05, 0.1) is 11.4 Å². The first-order chi connectivity index (χ1) is 12.2. The number of rotatable bonds is 8. The minimum atomic E-state index is -3.63. The molecule has 8 heteroatoms. The van der Waals surface area contributed by atoms with Gasteiger partial charge in [-0.05, 0) is 30.9 Å². The fourth-order valence-corrected chi connectivity index (χ4v) is 4.07. The van der Waals surface area contributed by atoms with Crippen LogP contribution < -0.4 is 19.1 Å². The van der Waals surface area contributed by atoms with Crippen molar-refractivity contribution in [1.82, 2.24) is 5.32 Å². The molecule has 1 N–H and O–H groups in total. The van der Waals surface area contributed by atoms with Crippen LogP contribution in [0.1, 0.15) is 34.6 Å². The Morgan fingerprint density at radius 3 is 2.35 bits per heavy atom. The average Bonchev–Trinajstić information content (AvgIpc) is 3.04.